The van der Waals surface area contributed by atoms with E-state index in [2.05, 4.69) is 20.6 Å². The average Bonchev–Trinajstić information content (AvgIpc) is 2.73. The van der Waals surface area contributed by atoms with Gasteiger partial charge in [0.1, 0.15) is 17.8 Å². The van der Waals surface area contributed by atoms with Crippen molar-refractivity contribution >= 4 is 11.7 Å². The van der Waals surface area contributed by atoms with Gasteiger partial charge in [-0.25, -0.2) is 14.8 Å². The number of benzene rings is 2. The molecule has 2 amide bonds. The number of aromatic nitrogens is 2. The molecule has 0 unspecified atom stereocenters. The number of amides is 2. The number of carbonyl (C=O) groups is 1. The summed E-state index contributed by atoms with van der Waals surface area (Å²) in [5.41, 5.74) is 3.11. The lowest BCUT2D eigenvalue weighted by Crippen LogP contribution is -2.28. The van der Waals surface area contributed by atoms with Crippen LogP contribution in [0.1, 0.15) is 5.69 Å². The molecule has 1 heterocycles. The number of urea groups is 1. The monoisotopic (exact) mass is 364 g/mol. The summed E-state index contributed by atoms with van der Waals surface area (Å²) in [7, 11) is 3.22. The zero-order valence-corrected chi connectivity index (χ0v) is 15.1. The molecular weight excluding hydrogens is 344 g/mol. The normalized spacial score (nSPS) is 10.1. The molecular formula is C20H20N4O3. The van der Waals surface area contributed by atoms with Crippen LogP contribution in [-0.2, 0) is 6.54 Å². The van der Waals surface area contributed by atoms with Crippen molar-refractivity contribution in [3.05, 3.63) is 66.6 Å². The Balaban J connectivity index is 1.59. The Morgan fingerprint density at radius 2 is 1.56 bits per heavy atom. The second-order valence-electron chi connectivity index (χ2n) is 5.66. The van der Waals surface area contributed by atoms with E-state index in [9.17, 15) is 4.79 Å². The summed E-state index contributed by atoms with van der Waals surface area (Å²) in [6.45, 7) is 0.285. The Morgan fingerprint density at radius 1 is 0.926 bits per heavy atom. The van der Waals surface area contributed by atoms with E-state index in [1.807, 2.05) is 30.3 Å². The Morgan fingerprint density at radius 3 is 2.19 bits per heavy atom. The van der Waals surface area contributed by atoms with Crippen molar-refractivity contribution in [3.8, 4) is 22.8 Å². The zero-order chi connectivity index (χ0) is 19.1. The molecule has 1 aromatic heterocycles. The molecule has 0 aliphatic rings. The van der Waals surface area contributed by atoms with E-state index in [1.165, 1.54) is 6.33 Å². The molecule has 0 bridgehead atoms. The summed E-state index contributed by atoms with van der Waals surface area (Å²) in [6.07, 6.45) is 1.48. The fourth-order valence-corrected chi connectivity index (χ4v) is 2.43. The topological polar surface area (TPSA) is 85.4 Å². The first-order valence-electron chi connectivity index (χ1n) is 8.32. The molecule has 0 fully saturated rings. The van der Waals surface area contributed by atoms with Crippen LogP contribution in [0.4, 0.5) is 10.5 Å². The number of carbonyl (C=O) groups excluding carboxylic acids is 1. The van der Waals surface area contributed by atoms with E-state index < -0.39 is 0 Å². The molecule has 7 heteroatoms. The second kappa shape index (κ2) is 8.66. The summed E-state index contributed by atoms with van der Waals surface area (Å²) < 4.78 is 10.3. The number of hydrogen-bond acceptors (Lipinski definition) is 5. The Bertz CT molecular complexity index is 896. The Hall–Kier alpha value is -3.61. The summed E-state index contributed by atoms with van der Waals surface area (Å²) in [5, 5.41) is 5.54. The second-order valence-corrected chi connectivity index (χ2v) is 5.66. The van der Waals surface area contributed by atoms with Gasteiger partial charge in [-0.05, 0) is 54.6 Å². The molecule has 7 nitrogen and oxygen atoms in total. The fraction of sp³-hybridized carbons (Fsp3) is 0.150. The lowest BCUT2D eigenvalue weighted by molar-refractivity contribution is 0.251. The van der Waals surface area contributed by atoms with E-state index in [1.54, 1.807) is 38.5 Å². The maximum absolute atomic E-state index is 12.1. The third kappa shape index (κ3) is 4.94. The number of hydrogen-bond donors (Lipinski definition) is 2. The summed E-state index contributed by atoms with van der Waals surface area (Å²) in [5.74, 6) is 1.51. The van der Waals surface area contributed by atoms with E-state index in [0.29, 0.717) is 11.4 Å². The van der Waals surface area contributed by atoms with E-state index in [4.69, 9.17) is 9.47 Å². The highest BCUT2D eigenvalue weighted by Gasteiger charge is 2.06. The molecule has 0 spiro atoms. The quantitative estimate of drug-likeness (QED) is 0.699. The smallest absolute Gasteiger partial charge is 0.319 e. The minimum absolute atomic E-state index is 0.285. The summed E-state index contributed by atoms with van der Waals surface area (Å²) in [4.78, 5) is 20.5. The van der Waals surface area contributed by atoms with Crippen molar-refractivity contribution in [3.63, 3.8) is 0 Å². The van der Waals surface area contributed by atoms with Crippen molar-refractivity contribution in [2.24, 2.45) is 0 Å². The summed E-state index contributed by atoms with van der Waals surface area (Å²) in [6, 6.07) is 16.2. The highest BCUT2D eigenvalue weighted by Crippen LogP contribution is 2.20. The lowest BCUT2D eigenvalue weighted by Gasteiger charge is -2.09. The number of methoxy groups -OCH3 is 2. The molecule has 3 rings (SSSR count). The van der Waals surface area contributed by atoms with Gasteiger partial charge < -0.3 is 20.1 Å². The predicted octanol–water partition coefficient (Wildman–Crippen LogP) is 3.48. The minimum Gasteiger partial charge on any atom is -0.497 e. The maximum Gasteiger partial charge on any atom is 0.319 e. The molecule has 0 atom stereocenters. The number of ether oxygens (including phenoxy) is 2. The number of anilines is 1. The molecule has 0 radical (unpaired) electrons. The largest absolute Gasteiger partial charge is 0.497 e. The lowest BCUT2D eigenvalue weighted by atomic mass is 10.1. The van der Waals surface area contributed by atoms with Crippen molar-refractivity contribution in [1.29, 1.82) is 0 Å². The highest BCUT2D eigenvalue weighted by molar-refractivity contribution is 5.89. The van der Waals surface area contributed by atoms with Gasteiger partial charge in [0.2, 0.25) is 0 Å². The van der Waals surface area contributed by atoms with Gasteiger partial charge in [0.15, 0.2) is 0 Å². The van der Waals surface area contributed by atoms with Gasteiger partial charge in [-0.3, -0.25) is 0 Å². The predicted molar refractivity (Wildman–Crippen MR) is 103 cm³/mol. The third-order valence-corrected chi connectivity index (χ3v) is 3.89. The molecule has 2 N–H and O–H groups in total. The standard InChI is InChI=1S/C20H20N4O3/c1-26-17-7-3-14(4-8-17)19-11-16(22-13-23-19)12-21-20(25)24-15-5-9-18(27-2)10-6-15/h3-11,13H,12H2,1-2H3,(H2,21,24,25). The summed E-state index contributed by atoms with van der Waals surface area (Å²) >= 11 is 0. The van der Waals surface area contributed by atoms with E-state index in [-0.39, 0.29) is 12.6 Å². The molecule has 2 aromatic carbocycles. The van der Waals surface area contributed by atoms with Gasteiger partial charge in [-0.2, -0.15) is 0 Å². The molecule has 27 heavy (non-hydrogen) atoms. The van der Waals surface area contributed by atoms with Gasteiger partial charge in [0, 0.05) is 11.3 Å². The zero-order valence-electron chi connectivity index (χ0n) is 15.1. The third-order valence-electron chi connectivity index (χ3n) is 3.89. The number of nitrogens with zero attached hydrogens (tertiary/aromatic N) is 2. The molecule has 0 aliphatic heterocycles. The molecule has 0 saturated heterocycles. The van der Waals surface area contributed by atoms with Crippen molar-refractivity contribution in [2.45, 2.75) is 6.54 Å². The van der Waals surface area contributed by atoms with Crippen LogP contribution < -0.4 is 20.1 Å². The molecule has 0 aliphatic carbocycles. The van der Waals surface area contributed by atoms with Gasteiger partial charge in [0.05, 0.1) is 32.2 Å². The van der Waals surface area contributed by atoms with Crippen molar-refractivity contribution in [1.82, 2.24) is 15.3 Å². The molecule has 0 saturated carbocycles. The van der Waals surface area contributed by atoms with Gasteiger partial charge in [-0.15, -0.1) is 0 Å². The fourth-order valence-electron chi connectivity index (χ4n) is 2.43. The van der Waals surface area contributed by atoms with Crippen LogP contribution >= 0.6 is 0 Å². The highest BCUT2D eigenvalue weighted by atomic mass is 16.5. The van der Waals surface area contributed by atoms with Gasteiger partial charge in [-0.1, -0.05) is 0 Å². The average molecular weight is 364 g/mol. The Kier molecular flexibility index (Phi) is 5.84. The van der Waals surface area contributed by atoms with Crippen molar-refractivity contribution in [2.75, 3.05) is 19.5 Å². The van der Waals surface area contributed by atoms with Crippen LogP contribution in [0.2, 0.25) is 0 Å². The van der Waals surface area contributed by atoms with Crippen LogP contribution in [0, 0.1) is 0 Å². The van der Waals surface area contributed by atoms with Crippen LogP contribution in [0.25, 0.3) is 11.3 Å². The van der Waals surface area contributed by atoms with E-state index >= 15 is 0 Å². The van der Waals surface area contributed by atoms with Crippen LogP contribution in [0.15, 0.2) is 60.9 Å². The first kappa shape index (κ1) is 18.2. The number of nitrogens with one attached hydrogen (secondary N) is 2. The van der Waals surface area contributed by atoms with Crippen molar-refractivity contribution < 1.29 is 14.3 Å². The van der Waals surface area contributed by atoms with E-state index in [0.717, 1.165) is 22.8 Å². The first-order chi connectivity index (χ1) is 13.2. The van der Waals surface area contributed by atoms with Gasteiger partial charge >= 0.3 is 6.03 Å². The van der Waals surface area contributed by atoms with Crippen LogP contribution in [0.5, 0.6) is 11.5 Å². The van der Waals surface area contributed by atoms with Gasteiger partial charge in [0.25, 0.3) is 0 Å². The Labute approximate surface area is 157 Å². The first-order valence-corrected chi connectivity index (χ1v) is 8.32. The molecule has 3 aromatic rings. The molecule has 138 valence electrons. The number of rotatable bonds is 6. The maximum atomic E-state index is 12.1. The SMILES string of the molecule is COc1ccc(NC(=O)NCc2cc(-c3ccc(OC)cc3)ncn2)cc1. The minimum atomic E-state index is -0.315. The van der Waals surface area contributed by atoms with Crippen LogP contribution in [-0.4, -0.2) is 30.2 Å². The van der Waals surface area contributed by atoms with Crippen LogP contribution in [0.3, 0.4) is 0 Å².